The molecule has 0 unspecified atom stereocenters. The van der Waals surface area contributed by atoms with E-state index in [0.29, 0.717) is 0 Å². The van der Waals surface area contributed by atoms with Crippen molar-refractivity contribution in [3.8, 4) is 0 Å². The van der Waals surface area contributed by atoms with Crippen LogP contribution in [0, 0.1) is 10.1 Å². The van der Waals surface area contributed by atoms with Crippen molar-refractivity contribution in [1.29, 1.82) is 0 Å². The Kier molecular flexibility index (Phi) is 2.54. The quantitative estimate of drug-likeness (QED) is 0.516. The maximum atomic E-state index is 11.0. The van der Waals surface area contributed by atoms with Gasteiger partial charge in [0.2, 0.25) is 0 Å². The molecule has 1 aromatic carbocycles. The van der Waals surface area contributed by atoms with E-state index in [9.17, 15) is 14.3 Å². The Hall–Kier alpha value is -1.23. The van der Waals surface area contributed by atoms with Crippen LogP contribution in [-0.4, -0.2) is 15.4 Å². The molecular formula is C7H7NO3S. The van der Waals surface area contributed by atoms with Crippen molar-refractivity contribution in [3.05, 3.63) is 34.4 Å². The maximum absolute atomic E-state index is 11.0. The lowest BCUT2D eigenvalue weighted by molar-refractivity contribution is -0.387. The maximum Gasteiger partial charge on any atom is 0.285 e. The molecule has 0 heterocycles. The summed E-state index contributed by atoms with van der Waals surface area (Å²) in [6.07, 6.45) is 1.42. The molecule has 1 aromatic rings. The fourth-order valence-corrected chi connectivity index (χ4v) is 1.56. The highest BCUT2D eigenvalue weighted by Crippen LogP contribution is 2.19. The second-order valence-electron chi connectivity index (χ2n) is 2.18. The van der Waals surface area contributed by atoms with Crippen LogP contribution in [0.25, 0.3) is 0 Å². The zero-order valence-corrected chi connectivity index (χ0v) is 7.21. The smallest absolute Gasteiger partial charge is 0.258 e. The molecule has 0 bridgehead atoms. The highest BCUT2D eigenvalue weighted by molar-refractivity contribution is 7.84. The number of benzene rings is 1. The first kappa shape index (κ1) is 8.86. The molecule has 1 atom stereocenters. The summed E-state index contributed by atoms with van der Waals surface area (Å²) < 4.78 is 11.0. The topological polar surface area (TPSA) is 60.2 Å². The van der Waals surface area contributed by atoms with E-state index in [2.05, 4.69) is 0 Å². The van der Waals surface area contributed by atoms with Crippen LogP contribution >= 0.6 is 0 Å². The summed E-state index contributed by atoms with van der Waals surface area (Å²) in [7, 11) is -1.30. The summed E-state index contributed by atoms with van der Waals surface area (Å²) in [5.41, 5.74) is -0.0849. The standard InChI is InChI=1S/C7H7NO3S/c1-12(11)7-5-3-2-4-6(7)8(9)10/h2-5H,1H3/t12-/m1/s1. The van der Waals surface area contributed by atoms with Gasteiger partial charge in [-0.1, -0.05) is 12.1 Å². The summed E-state index contributed by atoms with van der Waals surface area (Å²) in [6, 6.07) is 6.02. The summed E-state index contributed by atoms with van der Waals surface area (Å²) in [4.78, 5) is 10.1. The van der Waals surface area contributed by atoms with Crippen molar-refractivity contribution in [2.45, 2.75) is 4.90 Å². The molecule has 4 nitrogen and oxygen atoms in total. The molecule has 0 amide bonds. The van der Waals surface area contributed by atoms with Crippen LogP contribution in [0.5, 0.6) is 0 Å². The van der Waals surface area contributed by atoms with Crippen molar-refractivity contribution in [1.82, 2.24) is 0 Å². The number of para-hydroxylation sites is 1. The Balaban J connectivity index is 3.27. The van der Waals surface area contributed by atoms with Gasteiger partial charge in [0, 0.05) is 12.3 Å². The van der Waals surface area contributed by atoms with Crippen molar-refractivity contribution >= 4 is 16.5 Å². The van der Waals surface area contributed by atoms with E-state index < -0.39 is 15.7 Å². The van der Waals surface area contributed by atoms with Crippen molar-refractivity contribution in [2.75, 3.05) is 6.26 Å². The van der Waals surface area contributed by atoms with Gasteiger partial charge in [-0.05, 0) is 6.07 Å². The Morgan fingerprint density at radius 3 is 2.42 bits per heavy atom. The Morgan fingerprint density at radius 2 is 2.00 bits per heavy atom. The van der Waals surface area contributed by atoms with Gasteiger partial charge in [0.05, 0.1) is 15.7 Å². The molecule has 0 saturated heterocycles. The van der Waals surface area contributed by atoms with Crippen molar-refractivity contribution in [3.63, 3.8) is 0 Å². The van der Waals surface area contributed by atoms with E-state index in [-0.39, 0.29) is 10.6 Å². The van der Waals surface area contributed by atoms with Crippen LogP contribution < -0.4 is 0 Å². The van der Waals surface area contributed by atoms with Crippen LogP contribution in [0.1, 0.15) is 0 Å². The van der Waals surface area contributed by atoms with E-state index >= 15 is 0 Å². The van der Waals surface area contributed by atoms with Gasteiger partial charge in [0.25, 0.3) is 5.69 Å². The third-order valence-corrected chi connectivity index (χ3v) is 2.34. The fourth-order valence-electron chi connectivity index (χ4n) is 0.851. The molecule has 0 aliphatic heterocycles. The van der Waals surface area contributed by atoms with Crippen LogP contribution in [0.2, 0.25) is 0 Å². The van der Waals surface area contributed by atoms with E-state index in [4.69, 9.17) is 0 Å². The first-order valence-corrected chi connectivity index (χ1v) is 4.75. The minimum Gasteiger partial charge on any atom is -0.258 e. The van der Waals surface area contributed by atoms with Crippen molar-refractivity contribution < 1.29 is 9.13 Å². The van der Waals surface area contributed by atoms with E-state index in [1.54, 1.807) is 12.1 Å². The average Bonchev–Trinajstić information content (AvgIpc) is 2.04. The van der Waals surface area contributed by atoms with E-state index in [1.807, 2.05) is 0 Å². The predicted octanol–water partition coefficient (Wildman–Crippen LogP) is 1.33. The first-order valence-electron chi connectivity index (χ1n) is 3.20. The molecular weight excluding hydrogens is 178 g/mol. The largest absolute Gasteiger partial charge is 0.285 e. The van der Waals surface area contributed by atoms with E-state index in [0.717, 1.165) is 0 Å². The van der Waals surface area contributed by atoms with Gasteiger partial charge in [-0.2, -0.15) is 0 Å². The third kappa shape index (κ3) is 1.68. The molecule has 0 spiro atoms. The number of nitrogens with zero attached hydrogens (tertiary/aromatic N) is 1. The lowest BCUT2D eigenvalue weighted by Gasteiger charge is -1.96. The summed E-state index contributed by atoms with van der Waals surface area (Å²) in [5.74, 6) is 0. The van der Waals surface area contributed by atoms with Gasteiger partial charge in [-0.3, -0.25) is 14.3 Å². The number of hydrogen-bond acceptors (Lipinski definition) is 3. The normalized spacial score (nSPS) is 12.4. The summed E-state index contributed by atoms with van der Waals surface area (Å²) in [6.45, 7) is 0. The van der Waals surface area contributed by atoms with Gasteiger partial charge in [-0.25, -0.2) is 0 Å². The summed E-state index contributed by atoms with van der Waals surface area (Å²) >= 11 is 0. The number of nitro benzene ring substituents is 1. The number of nitro groups is 1. The summed E-state index contributed by atoms with van der Waals surface area (Å²) in [5, 5.41) is 10.4. The number of hydrogen-bond donors (Lipinski definition) is 0. The molecule has 0 aromatic heterocycles. The second kappa shape index (κ2) is 3.44. The molecule has 0 N–H and O–H groups in total. The molecule has 0 aliphatic carbocycles. The SMILES string of the molecule is C[S@@](=O)c1ccccc1[N+](=O)[O-]. The first-order chi connectivity index (χ1) is 5.63. The molecule has 1 rings (SSSR count). The second-order valence-corrected chi connectivity index (χ2v) is 3.53. The molecule has 0 radical (unpaired) electrons. The minimum absolute atomic E-state index is 0.0849. The Morgan fingerprint density at radius 1 is 1.42 bits per heavy atom. The lowest BCUT2D eigenvalue weighted by atomic mass is 10.3. The average molecular weight is 185 g/mol. The highest BCUT2D eigenvalue weighted by Gasteiger charge is 2.14. The number of rotatable bonds is 2. The van der Waals surface area contributed by atoms with Crippen LogP contribution in [0.15, 0.2) is 29.2 Å². The molecule has 12 heavy (non-hydrogen) atoms. The lowest BCUT2D eigenvalue weighted by Crippen LogP contribution is -1.95. The van der Waals surface area contributed by atoms with Gasteiger partial charge >= 0.3 is 0 Å². The molecule has 0 fully saturated rings. The van der Waals surface area contributed by atoms with E-state index in [1.165, 1.54) is 18.4 Å². The van der Waals surface area contributed by atoms with Gasteiger partial charge in [0.15, 0.2) is 0 Å². The van der Waals surface area contributed by atoms with Gasteiger partial charge in [-0.15, -0.1) is 0 Å². The molecule has 0 aliphatic rings. The van der Waals surface area contributed by atoms with Gasteiger partial charge in [0.1, 0.15) is 4.90 Å². The fraction of sp³-hybridized carbons (Fsp3) is 0.143. The monoisotopic (exact) mass is 185 g/mol. The zero-order valence-electron chi connectivity index (χ0n) is 6.39. The Bertz CT molecular complexity index is 304. The van der Waals surface area contributed by atoms with Crippen molar-refractivity contribution in [2.24, 2.45) is 0 Å². The predicted molar refractivity (Wildman–Crippen MR) is 45.4 cm³/mol. The van der Waals surface area contributed by atoms with Crippen LogP contribution in [0.4, 0.5) is 5.69 Å². The zero-order chi connectivity index (χ0) is 9.14. The van der Waals surface area contributed by atoms with Gasteiger partial charge < -0.3 is 0 Å². The molecule has 5 heteroatoms. The molecule has 64 valence electrons. The third-order valence-electron chi connectivity index (χ3n) is 1.37. The highest BCUT2D eigenvalue weighted by atomic mass is 32.2. The Labute approximate surface area is 71.8 Å². The minimum atomic E-state index is -1.30. The van der Waals surface area contributed by atoms with Crippen LogP contribution in [0.3, 0.4) is 0 Å². The molecule has 0 saturated carbocycles. The van der Waals surface area contributed by atoms with Crippen LogP contribution in [-0.2, 0) is 10.8 Å².